The van der Waals surface area contributed by atoms with E-state index in [1.807, 2.05) is 0 Å². The number of rotatable bonds is 8. The van der Waals surface area contributed by atoms with Crippen LogP contribution in [0, 0.1) is 5.92 Å². The van der Waals surface area contributed by atoms with Gasteiger partial charge in [-0.15, -0.1) is 0 Å². The average molecular weight is 383 g/mol. The Balaban J connectivity index is 1.92. The lowest BCUT2D eigenvalue weighted by atomic mass is 10.1. The van der Waals surface area contributed by atoms with E-state index in [2.05, 4.69) is 5.32 Å². The molecule has 0 bridgehead atoms. The zero-order valence-electron chi connectivity index (χ0n) is 16.5. The fourth-order valence-corrected chi connectivity index (χ4v) is 2.44. The van der Waals surface area contributed by atoms with E-state index in [0.29, 0.717) is 17.0 Å². The Morgan fingerprint density at radius 1 is 0.929 bits per heavy atom. The number of ketones is 1. The van der Waals surface area contributed by atoms with Crippen molar-refractivity contribution in [3.05, 3.63) is 59.7 Å². The van der Waals surface area contributed by atoms with Crippen LogP contribution in [0.3, 0.4) is 0 Å². The molecule has 1 unspecified atom stereocenters. The first-order valence-electron chi connectivity index (χ1n) is 9.07. The van der Waals surface area contributed by atoms with Crippen molar-refractivity contribution < 1.29 is 23.9 Å². The lowest BCUT2D eigenvalue weighted by Crippen LogP contribution is -2.25. The maximum atomic E-state index is 12.5. The Morgan fingerprint density at radius 2 is 1.54 bits per heavy atom. The van der Waals surface area contributed by atoms with Crippen LogP contribution in [0.15, 0.2) is 48.5 Å². The van der Waals surface area contributed by atoms with E-state index in [1.165, 1.54) is 0 Å². The van der Waals surface area contributed by atoms with Gasteiger partial charge in [0.2, 0.25) is 11.7 Å². The smallest absolute Gasteiger partial charge is 0.310 e. The first kappa shape index (κ1) is 21.2. The Labute approximate surface area is 164 Å². The zero-order chi connectivity index (χ0) is 20.7. The Bertz CT molecular complexity index is 825. The maximum Gasteiger partial charge on any atom is 0.310 e. The summed E-state index contributed by atoms with van der Waals surface area (Å²) < 4.78 is 10.3. The number of ether oxygens (including phenoxy) is 2. The second-order valence-electron chi connectivity index (χ2n) is 6.74. The van der Waals surface area contributed by atoms with E-state index in [0.717, 1.165) is 5.56 Å². The highest BCUT2D eigenvalue weighted by Crippen LogP contribution is 2.15. The van der Waals surface area contributed by atoms with E-state index in [4.69, 9.17) is 9.47 Å². The monoisotopic (exact) mass is 383 g/mol. The van der Waals surface area contributed by atoms with E-state index < -0.39 is 12.1 Å². The molecule has 2 aromatic carbocycles. The number of carbonyl (C=O) groups excluding carboxylic acids is 3. The summed E-state index contributed by atoms with van der Waals surface area (Å²) in [6.45, 7) is 5.15. The summed E-state index contributed by atoms with van der Waals surface area (Å²) in [5.41, 5.74) is 1.79. The Morgan fingerprint density at radius 3 is 2.07 bits per heavy atom. The van der Waals surface area contributed by atoms with Gasteiger partial charge in [-0.1, -0.05) is 26.0 Å². The molecule has 6 nitrogen and oxygen atoms in total. The predicted octanol–water partition coefficient (Wildman–Crippen LogP) is 3.65. The van der Waals surface area contributed by atoms with Gasteiger partial charge in [-0.2, -0.15) is 0 Å². The highest BCUT2D eigenvalue weighted by molar-refractivity contribution is 6.01. The molecule has 0 radical (unpaired) electrons. The van der Waals surface area contributed by atoms with E-state index in [9.17, 15) is 14.4 Å². The van der Waals surface area contributed by atoms with Crippen LogP contribution in [0.5, 0.6) is 5.75 Å². The molecule has 0 saturated carbocycles. The van der Waals surface area contributed by atoms with Gasteiger partial charge in [0.05, 0.1) is 13.5 Å². The highest BCUT2D eigenvalue weighted by Gasteiger charge is 2.20. The fraction of sp³-hybridized carbons (Fsp3) is 0.318. The van der Waals surface area contributed by atoms with Crippen molar-refractivity contribution >= 4 is 23.3 Å². The lowest BCUT2D eigenvalue weighted by molar-refractivity contribution is -0.145. The molecule has 1 amide bonds. The number of methoxy groups -OCH3 is 1. The van der Waals surface area contributed by atoms with Crippen LogP contribution >= 0.6 is 0 Å². The normalized spacial score (nSPS) is 11.6. The summed E-state index contributed by atoms with van der Waals surface area (Å²) in [5, 5.41) is 2.76. The van der Waals surface area contributed by atoms with Gasteiger partial charge in [0.25, 0.3) is 0 Å². The molecule has 148 valence electrons. The zero-order valence-corrected chi connectivity index (χ0v) is 16.5. The SMILES string of the molecule is COc1ccc(CC(=O)OC(C)C(=O)c2ccc(NC(=O)C(C)C)cc2)cc1. The van der Waals surface area contributed by atoms with E-state index in [1.54, 1.807) is 76.4 Å². The summed E-state index contributed by atoms with van der Waals surface area (Å²) in [5.74, 6) is -0.309. The van der Waals surface area contributed by atoms with Gasteiger partial charge in [0.1, 0.15) is 5.75 Å². The molecule has 0 saturated heterocycles. The summed E-state index contributed by atoms with van der Waals surface area (Å²) in [6.07, 6.45) is -0.830. The van der Waals surface area contributed by atoms with Gasteiger partial charge in [0, 0.05) is 17.2 Å². The number of esters is 1. The van der Waals surface area contributed by atoms with Gasteiger partial charge >= 0.3 is 5.97 Å². The van der Waals surface area contributed by atoms with Crippen LogP contribution < -0.4 is 10.1 Å². The van der Waals surface area contributed by atoms with Crippen molar-refractivity contribution in [2.75, 3.05) is 12.4 Å². The van der Waals surface area contributed by atoms with E-state index in [-0.39, 0.29) is 24.0 Å². The minimum Gasteiger partial charge on any atom is -0.497 e. The molecule has 0 heterocycles. The maximum absolute atomic E-state index is 12.5. The molecule has 28 heavy (non-hydrogen) atoms. The largest absolute Gasteiger partial charge is 0.497 e. The number of hydrogen-bond acceptors (Lipinski definition) is 5. The lowest BCUT2D eigenvalue weighted by Gasteiger charge is -2.13. The fourth-order valence-electron chi connectivity index (χ4n) is 2.44. The van der Waals surface area contributed by atoms with Crippen LogP contribution in [0.25, 0.3) is 0 Å². The van der Waals surface area contributed by atoms with Crippen molar-refractivity contribution in [1.82, 2.24) is 0 Å². The summed E-state index contributed by atoms with van der Waals surface area (Å²) in [7, 11) is 1.57. The topological polar surface area (TPSA) is 81.7 Å². The van der Waals surface area contributed by atoms with Gasteiger partial charge in [-0.3, -0.25) is 14.4 Å². The van der Waals surface area contributed by atoms with Gasteiger partial charge in [-0.25, -0.2) is 0 Å². The number of Topliss-reactive ketones (excluding diaryl/α,β-unsaturated/α-hetero) is 1. The van der Waals surface area contributed by atoms with Crippen molar-refractivity contribution in [2.45, 2.75) is 33.3 Å². The number of hydrogen-bond donors (Lipinski definition) is 1. The molecule has 0 aliphatic rings. The summed E-state index contributed by atoms with van der Waals surface area (Å²) >= 11 is 0. The molecule has 0 spiro atoms. The Kier molecular flexibility index (Phi) is 7.32. The van der Waals surface area contributed by atoms with Crippen LogP contribution in [0.1, 0.15) is 36.7 Å². The second kappa shape index (κ2) is 9.69. The third-order valence-corrected chi connectivity index (χ3v) is 4.15. The number of benzene rings is 2. The molecule has 1 atom stereocenters. The minimum absolute atomic E-state index is 0.0712. The molecule has 2 aromatic rings. The number of anilines is 1. The van der Waals surface area contributed by atoms with Gasteiger partial charge < -0.3 is 14.8 Å². The quantitative estimate of drug-likeness (QED) is 0.556. The van der Waals surface area contributed by atoms with Crippen LogP contribution in [0.4, 0.5) is 5.69 Å². The second-order valence-corrected chi connectivity index (χ2v) is 6.74. The summed E-state index contributed by atoms with van der Waals surface area (Å²) in [6, 6.07) is 13.6. The van der Waals surface area contributed by atoms with Crippen molar-refractivity contribution in [3.8, 4) is 5.75 Å². The standard InChI is InChI=1S/C22H25NO5/c1-14(2)22(26)23-18-9-7-17(8-10-18)21(25)15(3)28-20(24)13-16-5-11-19(27-4)12-6-16/h5-12,14-15H,13H2,1-4H3,(H,23,26). The molecule has 0 aliphatic carbocycles. The van der Waals surface area contributed by atoms with Crippen molar-refractivity contribution in [2.24, 2.45) is 5.92 Å². The molecule has 0 aliphatic heterocycles. The predicted molar refractivity (Wildman–Crippen MR) is 106 cm³/mol. The minimum atomic E-state index is -0.901. The van der Waals surface area contributed by atoms with Crippen molar-refractivity contribution in [1.29, 1.82) is 0 Å². The summed E-state index contributed by atoms with van der Waals surface area (Å²) in [4.78, 5) is 36.3. The van der Waals surface area contributed by atoms with Crippen LogP contribution in [-0.2, 0) is 20.7 Å². The van der Waals surface area contributed by atoms with Crippen molar-refractivity contribution in [3.63, 3.8) is 0 Å². The first-order valence-corrected chi connectivity index (χ1v) is 9.07. The van der Waals surface area contributed by atoms with Gasteiger partial charge in [0.15, 0.2) is 6.10 Å². The number of amides is 1. The van der Waals surface area contributed by atoms with Crippen LogP contribution in [-0.4, -0.2) is 30.9 Å². The molecule has 2 rings (SSSR count). The molecular formula is C22H25NO5. The third-order valence-electron chi connectivity index (χ3n) is 4.15. The number of carbonyl (C=O) groups is 3. The number of nitrogens with one attached hydrogen (secondary N) is 1. The van der Waals surface area contributed by atoms with Gasteiger partial charge in [-0.05, 0) is 48.9 Å². The molecule has 0 fully saturated rings. The highest BCUT2D eigenvalue weighted by atomic mass is 16.5. The molecular weight excluding hydrogens is 358 g/mol. The first-order chi connectivity index (χ1) is 13.3. The van der Waals surface area contributed by atoms with E-state index >= 15 is 0 Å². The molecule has 0 aromatic heterocycles. The average Bonchev–Trinajstić information content (AvgIpc) is 2.68. The molecule has 1 N–H and O–H groups in total. The molecule has 6 heteroatoms. The third kappa shape index (κ3) is 5.94. The van der Waals surface area contributed by atoms with Crippen LogP contribution in [0.2, 0.25) is 0 Å². The Hall–Kier alpha value is -3.15.